The first kappa shape index (κ1) is 20.2. The Hall–Kier alpha value is -2.06. The summed E-state index contributed by atoms with van der Waals surface area (Å²) in [6.45, 7) is 1.23. The molecule has 0 unspecified atom stereocenters. The van der Waals surface area contributed by atoms with Crippen molar-refractivity contribution in [2.45, 2.75) is 4.90 Å². The number of carbonyl (C=O) groups is 1. The van der Waals surface area contributed by atoms with Crippen LogP contribution in [0.5, 0.6) is 5.75 Å². The topological polar surface area (TPSA) is 66.9 Å². The van der Waals surface area contributed by atoms with Gasteiger partial charge >= 0.3 is 0 Å². The summed E-state index contributed by atoms with van der Waals surface area (Å²) >= 11 is 11.8. The first-order chi connectivity index (χ1) is 13.9. The Morgan fingerprint density at radius 3 is 2.41 bits per heavy atom. The van der Waals surface area contributed by atoms with Crippen LogP contribution in [-0.4, -0.2) is 56.3 Å². The minimum absolute atomic E-state index is 0.0895. The third-order valence-corrected chi connectivity index (χ3v) is 7.59. The van der Waals surface area contributed by atoms with E-state index in [1.807, 2.05) is 30.3 Å². The summed E-state index contributed by atoms with van der Waals surface area (Å²) in [6, 6.07) is 11.8. The van der Waals surface area contributed by atoms with E-state index in [1.165, 1.54) is 22.5 Å². The first-order valence-corrected chi connectivity index (χ1v) is 11.2. The van der Waals surface area contributed by atoms with Gasteiger partial charge in [0.25, 0.3) is 5.91 Å². The number of para-hydroxylation sites is 1. The van der Waals surface area contributed by atoms with Gasteiger partial charge in [-0.2, -0.15) is 4.31 Å². The van der Waals surface area contributed by atoms with Crippen molar-refractivity contribution in [2.75, 3.05) is 32.8 Å². The zero-order valence-electron chi connectivity index (χ0n) is 15.3. The van der Waals surface area contributed by atoms with Crippen molar-refractivity contribution in [3.63, 3.8) is 0 Å². The van der Waals surface area contributed by atoms with Crippen molar-refractivity contribution < 1.29 is 17.9 Å². The molecule has 0 bridgehead atoms. The Balaban J connectivity index is 1.45. The van der Waals surface area contributed by atoms with E-state index in [0.717, 1.165) is 11.3 Å². The molecule has 1 amide bonds. The van der Waals surface area contributed by atoms with E-state index in [9.17, 15) is 13.2 Å². The molecule has 0 aliphatic carbocycles. The molecule has 4 rings (SSSR count). The van der Waals surface area contributed by atoms with Crippen LogP contribution in [0.4, 0.5) is 0 Å². The van der Waals surface area contributed by atoms with E-state index in [0.29, 0.717) is 23.7 Å². The zero-order chi connectivity index (χ0) is 20.6. The number of ether oxygens (including phenoxy) is 1. The fraction of sp³-hybridized carbons (Fsp3) is 0.250. The van der Waals surface area contributed by atoms with Gasteiger partial charge in [-0.25, -0.2) is 8.42 Å². The lowest BCUT2D eigenvalue weighted by atomic mass is 10.1. The van der Waals surface area contributed by atoms with E-state index in [2.05, 4.69) is 0 Å². The summed E-state index contributed by atoms with van der Waals surface area (Å²) in [5.74, 6) is 0.618. The molecular weight excluding hydrogens is 435 g/mol. The average molecular weight is 453 g/mol. The monoisotopic (exact) mass is 452 g/mol. The third-order valence-electron chi connectivity index (χ3n) is 4.96. The van der Waals surface area contributed by atoms with Crippen molar-refractivity contribution in [2.24, 2.45) is 0 Å². The molecule has 1 saturated heterocycles. The molecule has 2 aromatic carbocycles. The average Bonchev–Trinajstić information content (AvgIpc) is 2.74. The molecule has 0 aromatic heterocycles. The fourth-order valence-electron chi connectivity index (χ4n) is 3.36. The lowest BCUT2D eigenvalue weighted by Gasteiger charge is -2.34. The highest BCUT2D eigenvalue weighted by Crippen LogP contribution is 2.28. The van der Waals surface area contributed by atoms with Gasteiger partial charge in [-0.15, -0.1) is 0 Å². The van der Waals surface area contributed by atoms with Gasteiger partial charge in [-0.3, -0.25) is 4.79 Å². The number of nitrogens with zero attached hydrogens (tertiary/aromatic N) is 2. The van der Waals surface area contributed by atoms with Crippen LogP contribution in [0, 0.1) is 0 Å². The first-order valence-electron chi connectivity index (χ1n) is 9.03. The SMILES string of the molecule is O=C(C1=Cc2ccccc2OC1)N1CCN(S(=O)(=O)c2ccc(Cl)c(Cl)c2)CC1. The fourth-order valence-corrected chi connectivity index (χ4v) is 5.17. The molecule has 9 heteroatoms. The number of fused-ring (bicyclic) bond motifs is 1. The van der Waals surface area contributed by atoms with E-state index < -0.39 is 10.0 Å². The van der Waals surface area contributed by atoms with Gasteiger partial charge in [0.1, 0.15) is 12.4 Å². The second-order valence-electron chi connectivity index (χ2n) is 6.77. The number of amides is 1. The molecule has 2 aromatic rings. The van der Waals surface area contributed by atoms with Crippen LogP contribution in [-0.2, 0) is 14.8 Å². The molecule has 2 heterocycles. The van der Waals surface area contributed by atoms with Gasteiger partial charge in [0.05, 0.1) is 20.5 Å². The standard InChI is InChI=1S/C20H18Cl2N2O4S/c21-17-6-5-16(12-18(17)22)29(26,27)24-9-7-23(8-10-24)20(25)15-11-14-3-1-2-4-19(14)28-13-15/h1-6,11-12H,7-10,13H2. The maximum atomic E-state index is 12.9. The predicted octanol–water partition coefficient (Wildman–Crippen LogP) is 3.30. The molecule has 29 heavy (non-hydrogen) atoms. The number of sulfonamides is 1. The minimum atomic E-state index is -3.70. The van der Waals surface area contributed by atoms with Gasteiger partial charge < -0.3 is 9.64 Å². The molecule has 2 aliphatic heterocycles. The van der Waals surface area contributed by atoms with Crippen molar-refractivity contribution in [3.8, 4) is 5.75 Å². The summed E-state index contributed by atoms with van der Waals surface area (Å²) in [6.07, 6.45) is 1.83. The van der Waals surface area contributed by atoms with Crippen LogP contribution >= 0.6 is 23.2 Å². The predicted molar refractivity (Wildman–Crippen MR) is 112 cm³/mol. The maximum absolute atomic E-state index is 12.9. The van der Waals surface area contributed by atoms with Crippen LogP contribution in [0.2, 0.25) is 10.0 Å². The summed E-state index contributed by atoms with van der Waals surface area (Å²) in [5.41, 5.74) is 1.42. The molecule has 6 nitrogen and oxygen atoms in total. The molecular formula is C20H18Cl2N2O4S. The highest BCUT2D eigenvalue weighted by molar-refractivity contribution is 7.89. The Labute approximate surface area is 179 Å². The smallest absolute Gasteiger partial charge is 0.253 e. The largest absolute Gasteiger partial charge is 0.488 e. The van der Waals surface area contributed by atoms with E-state index in [1.54, 1.807) is 4.90 Å². The quantitative estimate of drug-likeness (QED) is 0.716. The lowest BCUT2D eigenvalue weighted by molar-refractivity contribution is -0.128. The van der Waals surface area contributed by atoms with E-state index >= 15 is 0 Å². The van der Waals surface area contributed by atoms with E-state index in [-0.39, 0.29) is 35.5 Å². The molecule has 2 aliphatic rings. The van der Waals surface area contributed by atoms with Gasteiger partial charge in [0, 0.05) is 31.7 Å². The normalized spacial score (nSPS) is 17.3. The number of piperazine rings is 1. The number of carbonyl (C=O) groups excluding carboxylic acids is 1. The molecule has 152 valence electrons. The molecule has 0 radical (unpaired) electrons. The molecule has 0 saturated carbocycles. The van der Waals surface area contributed by atoms with Crippen LogP contribution in [0.3, 0.4) is 0 Å². The Kier molecular flexibility index (Phi) is 5.57. The van der Waals surface area contributed by atoms with Gasteiger partial charge in [-0.1, -0.05) is 41.4 Å². The van der Waals surface area contributed by atoms with Crippen molar-refractivity contribution in [1.29, 1.82) is 0 Å². The van der Waals surface area contributed by atoms with E-state index in [4.69, 9.17) is 27.9 Å². The van der Waals surface area contributed by atoms with Crippen LogP contribution in [0.15, 0.2) is 52.9 Å². The molecule has 1 fully saturated rings. The second kappa shape index (κ2) is 7.99. The van der Waals surface area contributed by atoms with Crippen molar-refractivity contribution in [3.05, 3.63) is 63.6 Å². The van der Waals surface area contributed by atoms with Gasteiger partial charge in [0.15, 0.2) is 0 Å². The minimum Gasteiger partial charge on any atom is -0.488 e. The lowest BCUT2D eigenvalue weighted by Crippen LogP contribution is -2.51. The van der Waals surface area contributed by atoms with Crippen molar-refractivity contribution in [1.82, 2.24) is 9.21 Å². The third kappa shape index (κ3) is 4.00. The summed E-state index contributed by atoms with van der Waals surface area (Å²) in [4.78, 5) is 14.6. The van der Waals surface area contributed by atoms with Crippen LogP contribution in [0.1, 0.15) is 5.56 Å². The Bertz CT molecular complexity index is 1090. The summed E-state index contributed by atoms with van der Waals surface area (Å²) in [7, 11) is -3.70. The number of rotatable bonds is 3. The van der Waals surface area contributed by atoms with Gasteiger partial charge in [0.2, 0.25) is 10.0 Å². The highest BCUT2D eigenvalue weighted by Gasteiger charge is 2.32. The maximum Gasteiger partial charge on any atom is 0.253 e. The molecule has 0 spiro atoms. The van der Waals surface area contributed by atoms with Crippen molar-refractivity contribution >= 4 is 45.2 Å². The van der Waals surface area contributed by atoms with Crippen LogP contribution in [0.25, 0.3) is 6.08 Å². The highest BCUT2D eigenvalue weighted by atomic mass is 35.5. The Morgan fingerprint density at radius 2 is 1.69 bits per heavy atom. The molecule has 0 N–H and O–H groups in total. The number of halogens is 2. The second-order valence-corrected chi connectivity index (χ2v) is 9.52. The zero-order valence-corrected chi connectivity index (χ0v) is 17.7. The summed E-state index contributed by atoms with van der Waals surface area (Å²) < 4.78 is 32.7. The number of benzene rings is 2. The number of hydrogen-bond acceptors (Lipinski definition) is 4. The summed E-state index contributed by atoms with van der Waals surface area (Å²) in [5, 5.41) is 0.483. The Morgan fingerprint density at radius 1 is 0.966 bits per heavy atom. The number of hydrogen-bond donors (Lipinski definition) is 0. The van der Waals surface area contributed by atoms with Crippen LogP contribution < -0.4 is 4.74 Å². The molecule has 0 atom stereocenters. The van der Waals surface area contributed by atoms with Gasteiger partial charge in [-0.05, 0) is 30.3 Å².